The van der Waals surface area contributed by atoms with Crippen molar-refractivity contribution in [3.05, 3.63) is 30.2 Å². The monoisotopic (exact) mass is 260 g/mol. The lowest BCUT2D eigenvalue weighted by molar-refractivity contribution is 0.171. The molecule has 0 bridgehead atoms. The molecule has 2 heterocycles. The number of rotatable bonds is 4. The number of fused-ring (bicyclic) bond motifs is 1. The molecule has 1 aromatic heterocycles. The number of imidazole rings is 1. The average Bonchev–Trinajstić information content (AvgIpc) is 2.93. The number of aliphatic hydroxyl groups excluding tert-OH is 1. The number of ether oxygens (including phenoxy) is 2. The highest BCUT2D eigenvalue weighted by molar-refractivity contribution is 5.63. The van der Waals surface area contributed by atoms with Gasteiger partial charge in [-0.1, -0.05) is 0 Å². The minimum Gasteiger partial charge on any atom is -0.486 e. The molecule has 0 radical (unpaired) electrons. The Morgan fingerprint density at radius 2 is 2.05 bits per heavy atom. The fourth-order valence-corrected chi connectivity index (χ4v) is 2.09. The first-order chi connectivity index (χ1) is 9.36. The highest BCUT2D eigenvalue weighted by atomic mass is 16.6. The zero-order valence-corrected chi connectivity index (χ0v) is 10.6. The number of aryl methyl sites for hydroxylation is 1. The van der Waals surface area contributed by atoms with Crippen LogP contribution < -0.4 is 9.47 Å². The van der Waals surface area contributed by atoms with E-state index in [0.717, 1.165) is 35.0 Å². The highest BCUT2D eigenvalue weighted by Crippen LogP contribution is 2.33. The van der Waals surface area contributed by atoms with Gasteiger partial charge in [-0.15, -0.1) is 0 Å². The van der Waals surface area contributed by atoms with E-state index in [-0.39, 0.29) is 6.61 Å². The lowest BCUT2D eigenvalue weighted by atomic mass is 10.1. The van der Waals surface area contributed by atoms with Gasteiger partial charge in [0.05, 0.1) is 11.9 Å². The van der Waals surface area contributed by atoms with Crippen LogP contribution in [-0.4, -0.2) is 34.9 Å². The van der Waals surface area contributed by atoms with Crippen LogP contribution in [0.25, 0.3) is 11.3 Å². The van der Waals surface area contributed by atoms with E-state index in [2.05, 4.69) is 9.97 Å². The molecule has 0 fully saturated rings. The van der Waals surface area contributed by atoms with Gasteiger partial charge in [-0.25, -0.2) is 4.98 Å². The second-order valence-corrected chi connectivity index (χ2v) is 4.43. The van der Waals surface area contributed by atoms with Gasteiger partial charge in [0.15, 0.2) is 11.5 Å². The van der Waals surface area contributed by atoms with Crippen LogP contribution in [-0.2, 0) is 6.42 Å². The van der Waals surface area contributed by atoms with Crippen molar-refractivity contribution < 1.29 is 14.6 Å². The SMILES string of the molecule is OCCCc1ncc(-c2ccc3c(c2)OCCO3)[nH]1. The standard InChI is InChI=1S/C14H16N2O3/c17-5-1-2-14-15-9-11(16-14)10-3-4-12-13(8-10)19-7-6-18-12/h3-4,8-9,17H,1-2,5-7H2,(H,15,16). The topological polar surface area (TPSA) is 67.4 Å². The third kappa shape index (κ3) is 2.56. The van der Waals surface area contributed by atoms with Crippen molar-refractivity contribution in [1.82, 2.24) is 9.97 Å². The number of aromatic nitrogens is 2. The summed E-state index contributed by atoms with van der Waals surface area (Å²) in [6.07, 6.45) is 3.27. The second kappa shape index (κ2) is 5.32. The molecule has 100 valence electrons. The molecule has 0 saturated carbocycles. The first-order valence-corrected chi connectivity index (χ1v) is 6.41. The molecule has 0 atom stereocenters. The number of nitrogens with zero attached hydrogens (tertiary/aromatic N) is 1. The van der Waals surface area contributed by atoms with Crippen LogP contribution in [0.1, 0.15) is 12.2 Å². The third-order valence-electron chi connectivity index (χ3n) is 3.05. The van der Waals surface area contributed by atoms with Crippen molar-refractivity contribution >= 4 is 0 Å². The van der Waals surface area contributed by atoms with Gasteiger partial charge < -0.3 is 19.6 Å². The molecule has 19 heavy (non-hydrogen) atoms. The Hall–Kier alpha value is -2.01. The molecule has 5 nitrogen and oxygen atoms in total. The summed E-state index contributed by atoms with van der Waals surface area (Å²) in [6, 6.07) is 5.85. The summed E-state index contributed by atoms with van der Waals surface area (Å²) in [4.78, 5) is 7.56. The van der Waals surface area contributed by atoms with Crippen molar-refractivity contribution in [3.8, 4) is 22.8 Å². The largest absolute Gasteiger partial charge is 0.486 e. The Balaban J connectivity index is 1.83. The maximum Gasteiger partial charge on any atom is 0.162 e. The molecule has 0 aliphatic carbocycles. The summed E-state index contributed by atoms with van der Waals surface area (Å²) >= 11 is 0. The Morgan fingerprint density at radius 1 is 1.21 bits per heavy atom. The van der Waals surface area contributed by atoms with Crippen molar-refractivity contribution in [1.29, 1.82) is 0 Å². The molecule has 2 aromatic rings. The summed E-state index contributed by atoms with van der Waals surface area (Å²) in [6.45, 7) is 1.36. The second-order valence-electron chi connectivity index (χ2n) is 4.43. The number of nitrogens with one attached hydrogen (secondary N) is 1. The van der Waals surface area contributed by atoms with Crippen LogP contribution in [0.15, 0.2) is 24.4 Å². The molecule has 0 amide bonds. The fourth-order valence-electron chi connectivity index (χ4n) is 2.09. The van der Waals surface area contributed by atoms with Crippen molar-refractivity contribution in [3.63, 3.8) is 0 Å². The van der Waals surface area contributed by atoms with E-state index >= 15 is 0 Å². The number of hydrogen-bond acceptors (Lipinski definition) is 4. The third-order valence-corrected chi connectivity index (χ3v) is 3.05. The predicted molar refractivity (Wildman–Crippen MR) is 70.4 cm³/mol. The van der Waals surface area contributed by atoms with Crippen molar-refractivity contribution in [2.45, 2.75) is 12.8 Å². The maximum atomic E-state index is 8.81. The van der Waals surface area contributed by atoms with E-state index in [0.29, 0.717) is 19.6 Å². The summed E-state index contributed by atoms with van der Waals surface area (Å²) < 4.78 is 11.1. The number of aromatic amines is 1. The number of H-pyrrole nitrogens is 1. The maximum absolute atomic E-state index is 8.81. The molecule has 0 saturated heterocycles. The van der Waals surface area contributed by atoms with E-state index < -0.39 is 0 Å². The summed E-state index contributed by atoms with van der Waals surface area (Å²) in [7, 11) is 0. The van der Waals surface area contributed by atoms with Gasteiger partial charge in [0.1, 0.15) is 19.0 Å². The van der Waals surface area contributed by atoms with Crippen LogP contribution in [0.3, 0.4) is 0 Å². The Labute approximate surface area is 111 Å². The van der Waals surface area contributed by atoms with Crippen LogP contribution in [0.4, 0.5) is 0 Å². The molecular formula is C14H16N2O3. The van der Waals surface area contributed by atoms with Gasteiger partial charge in [-0.2, -0.15) is 0 Å². The molecule has 1 aliphatic heterocycles. The first-order valence-electron chi connectivity index (χ1n) is 6.41. The quantitative estimate of drug-likeness (QED) is 0.879. The Bertz CT molecular complexity index is 566. The minimum atomic E-state index is 0.181. The van der Waals surface area contributed by atoms with Crippen LogP contribution in [0, 0.1) is 0 Å². The lowest BCUT2D eigenvalue weighted by Crippen LogP contribution is -2.15. The molecule has 1 aliphatic rings. The molecule has 3 rings (SSSR count). The highest BCUT2D eigenvalue weighted by Gasteiger charge is 2.13. The number of hydrogen-bond donors (Lipinski definition) is 2. The first kappa shape index (κ1) is 12.0. The zero-order valence-electron chi connectivity index (χ0n) is 10.6. The van der Waals surface area contributed by atoms with E-state index in [4.69, 9.17) is 14.6 Å². The molecule has 1 aromatic carbocycles. The van der Waals surface area contributed by atoms with Gasteiger partial charge >= 0.3 is 0 Å². The van der Waals surface area contributed by atoms with Crippen LogP contribution >= 0.6 is 0 Å². The van der Waals surface area contributed by atoms with Crippen LogP contribution in [0.2, 0.25) is 0 Å². The summed E-state index contributed by atoms with van der Waals surface area (Å²) in [5.41, 5.74) is 1.97. The van der Waals surface area contributed by atoms with Gasteiger partial charge in [-0.05, 0) is 24.6 Å². The molecule has 5 heteroatoms. The van der Waals surface area contributed by atoms with E-state index in [1.807, 2.05) is 18.2 Å². The van der Waals surface area contributed by atoms with Crippen molar-refractivity contribution in [2.24, 2.45) is 0 Å². The summed E-state index contributed by atoms with van der Waals surface area (Å²) in [5, 5.41) is 8.81. The van der Waals surface area contributed by atoms with Gasteiger partial charge in [0, 0.05) is 18.6 Å². The lowest BCUT2D eigenvalue weighted by Gasteiger charge is -2.18. The minimum absolute atomic E-state index is 0.181. The Morgan fingerprint density at radius 3 is 2.89 bits per heavy atom. The van der Waals surface area contributed by atoms with Crippen LogP contribution in [0.5, 0.6) is 11.5 Å². The van der Waals surface area contributed by atoms with Gasteiger partial charge in [0.25, 0.3) is 0 Å². The summed E-state index contributed by atoms with van der Waals surface area (Å²) in [5.74, 6) is 2.45. The molecule has 0 unspecified atom stereocenters. The molecule has 2 N–H and O–H groups in total. The number of benzene rings is 1. The van der Waals surface area contributed by atoms with E-state index in [1.165, 1.54) is 0 Å². The van der Waals surface area contributed by atoms with Gasteiger partial charge in [0.2, 0.25) is 0 Å². The van der Waals surface area contributed by atoms with E-state index in [1.54, 1.807) is 6.20 Å². The normalized spacial score (nSPS) is 13.5. The fraction of sp³-hybridized carbons (Fsp3) is 0.357. The van der Waals surface area contributed by atoms with E-state index in [9.17, 15) is 0 Å². The average molecular weight is 260 g/mol. The molecular weight excluding hydrogens is 244 g/mol. The zero-order chi connectivity index (χ0) is 13.1. The smallest absolute Gasteiger partial charge is 0.162 e. The Kier molecular flexibility index (Phi) is 3.37. The number of aliphatic hydroxyl groups is 1. The van der Waals surface area contributed by atoms with Gasteiger partial charge in [-0.3, -0.25) is 0 Å². The van der Waals surface area contributed by atoms with Crippen molar-refractivity contribution in [2.75, 3.05) is 19.8 Å². The predicted octanol–water partition coefficient (Wildman–Crippen LogP) is 1.77. The molecule has 0 spiro atoms.